The fraction of sp³-hybridized carbons (Fsp3) is 0.250. The first kappa shape index (κ1) is 9.39. The van der Waals surface area contributed by atoms with Crippen molar-refractivity contribution in [2.24, 2.45) is 0 Å². The topological polar surface area (TPSA) is 29.9 Å². The average Bonchev–Trinajstić information content (AvgIpc) is 2.78. The molecule has 4 heteroatoms. The van der Waals surface area contributed by atoms with E-state index >= 15 is 0 Å². The van der Waals surface area contributed by atoms with Crippen molar-refractivity contribution in [3.63, 3.8) is 0 Å². The third-order valence-electron chi connectivity index (χ3n) is 2.84. The standard InChI is InChI=1S/C12H12FN3/c1-8-6-12-11(15-8)7-14-16(12)10-4-2-9(13)3-5-10/h2-5,7-8,15H,6H2,1H3. The maximum absolute atomic E-state index is 12.8. The van der Waals surface area contributed by atoms with Crippen molar-refractivity contribution in [3.05, 3.63) is 42.0 Å². The van der Waals surface area contributed by atoms with Gasteiger partial charge in [0.25, 0.3) is 0 Å². The van der Waals surface area contributed by atoms with E-state index < -0.39 is 0 Å². The number of fused-ring (bicyclic) bond motifs is 1. The summed E-state index contributed by atoms with van der Waals surface area (Å²) in [7, 11) is 0. The highest BCUT2D eigenvalue weighted by atomic mass is 19.1. The molecule has 0 saturated heterocycles. The largest absolute Gasteiger partial charge is 0.379 e. The smallest absolute Gasteiger partial charge is 0.123 e. The number of hydrogen-bond acceptors (Lipinski definition) is 2. The molecule has 0 spiro atoms. The molecule has 1 unspecified atom stereocenters. The van der Waals surface area contributed by atoms with Crippen LogP contribution in [0, 0.1) is 5.82 Å². The molecule has 0 fully saturated rings. The van der Waals surface area contributed by atoms with E-state index in [1.807, 2.05) is 10.9 Å². The number of nitrogens with one attached hydrogen (secondary N) is 1. The lowest BCUT2D eigenvalue weighted by Gasteiger charge is -2.05. The molecule has 1 aliphatic heterocycles. The Kier molecular flexibility index (Phi) is 1.96. The lowest BCUT2D eigenvalue weighted by Crippen LogP contribution is -2.11. The number of anilines is 1. The fourth-order valence-corrected chi connectivity index (χ4v) is 2.10. The second kappa shape index (κ2) is 3.33. The SMILES string of the molecule is CC1Cc2c(cnn2-c2ccc(F)cc2)N1. The molecule has 0 saturated carbocycles. The number of hydrogen-bond donors (Lipinski definition) is 1. The van der Waals surface area contributed by atoms with Gasteiger partial charge in [0.2, 0.25) is 0 Å². The summed E-state index contributed by atoms with van der Waals surface area (Å²) in [4.78, 5) is 0. The second-order valence-electron chi connectivity index (χ2n) is 4.14. The first-order chi connectivity index (χ1) is 7.74. The molecule has 1 N–H and O–H groups in total. The molecular formula is C12H12FN3. The number of nitrogens with zero attached hydrogens (tertiary/aromatic N) is 2. The van der Waals surface area contributed by atoms with Gasteiger partial charge >= 0.3 is 0 Å². The summed E-state index contributed by atoms with van der Waals surface area (Å²) in [6.07, 6.45) is 2.77. The van der Waals surface area contributed by atoms with E-state index in [1.165, 1.54) is 17.8 Å². The summed E-state index contributed by atoms with van der Waals surface area (Å²) in [5, 5.41) is 7.65. The van der Waals surface area contributed by atoms with Crippen LogP contribution in [0.2, 0.25) is 0 Å². The van der Waals surface area contributed by atoms with E-state index in [2.05, 4.69) is 17.3 Å². The van der Waals surface area contributed by atoms with Gasteiger partial charge in [-0.3, -0.25) is 0 Å². The predicted molar refractivity (Wildman–Crippen MR) is 60.3 cm³/mol. The van der Waals surface area contributed by atoms with Crippen molar-refractivity contribution in [1.82, 2.24) is 9.78 Å². The monoisotopic (exact) mass is 217 g/mol. The van der Waals surface area contributed by atoms with Crippen LogP contribution < -0.4 is 5.32 Å². The Morgan fingerprint density at radius 1 is 1.38 bits per heavy atom. The molecule has 2 aromatic rings. The van der Waals surface area contributed by atoms with E-state index in [9.17, 15) is 4.39 Å². The molecule has 1 aromatic heterocycles. The molecule has 1 aromatic carbocycles. The molecule has 1 atom stereocenters. The predicted octanol–water partition coefficient (Wildman–Crippen LogP) is 2.37. The second-order valence-corrected chi connectivity index (χ2v) is 4.14. The lowest BCUT2D eigenvalue weighted by atomic mass is 10.2. The molecule has 16 heavy (non-hydrogen) atoms. The zero-order valence-corrected chi connectivity index (χ0v) is 8.94. The molecule has 0 radical (unpaired) electrons. The molecular weight excluding hydrogens is 205 g/mol. The van der Waals surface area contributed by atoms with Crippen molar-refractivity contribution in [1.29, 1.82) is 0 Å². The van der Waals surface area contributed by atoms with E-state index in [1.54, 1.807) is 12.1 Å². The Balaban J connectivity index is 2.05. The van der Waals surface area contributed by atoms with Crippen molar-refractivity contribution >= 4 is 5.69 Å². The summed E-state index contributed by atoms with van der Waals surface area (Å²) >= 11 is 0. The highest BCUT2D eigenvalue weighted by molar-refractivity contribution is 5.55. The van der Waals surface area contributed by atoms with Crippen LogP contribution in [-0.4, -0.2) is 15.8 Å². The van der Waals surface area contributed by atoms with E-state index in [0.717, 1.165) is 17.8 Å². The minimum Gasteiger partial charge on any atom is -0.379 e. The van der Waals surface area contributed by atoms with E-state index in [-0.39, 0.29) is 5.82 Å². The minimum atomic E-state index is -0.223. The first-order valence-electron chi connectivity index (χ1n) is 5.33. The Bertz CT molecular complexity index is 516. The zero-order valence-electron chi connectivity index (χ0n) is 8.94. The normalized spacial score (nSPS) is 18.2. The summed E-state index contributed by atoms with van der Waals surface area (Å²) in [6, 6.07) is 6.83. The Hall–Kier alpha value is -1.84. The van der Waals surface area contributed by atoms with Gasteiger partial charge in [0.1, 0.15) is 5.82 Å². The van der Waals surface area contributed by atoms with Crippen LogP contribution in [0.15, 0.2) is 30.5 Å². The van der Waals surface area contributed by atoms with Crippen LogP contribution in [0.5, 0.6) is 0 Å². The number of rotatable bonds is 1. The quantitative estimate of drug-likeness (QED) is 0.794. The van der Waals surface area contributed by atoms with Gasteiger partial charge in [-0.15, -0.1) is 0 Å². The van der Waals surface area contributed by atoms with Gasteiger partial charge in [-0.2, -0.15) is 5.10 Å². The maximum Gasteiger partial charge on any atom is 0.123 e. The third kappa shape index (κ3) is 1.38. The molecule has 82 valence electrons. The Labute approximate surface area is 92.9 Å². The number of aromatic nitrogens is 2. The molecule has 0 bridgehead atoms. The summed E-state index contributed by atoms with van der Waals surface area (Å²) in [5.74, 6) is -0.223. The summed E-state index contributed by atoms with van der Waals surface area (Å²) in [6.45, 7) is 2.13. The lowest BCUT2D eigenvalue weighted by molar-refractivity contribution is 0.626. The molecule has 0 amide bonds. The van der Waals surface area contributed by atoms with Crippen LogP contribution >= 0.6 is 0 Å². The van der Waals surface area contributed by atoms with Gasteiger partial charge in [0.05, 0.1) is 23.3 Å². The van der Waals surface area contributed by atoms with E-state index in [0.29, 0.717) is 6.04 Å². The van der Waals surface area contributed by atoms with Gasteiger partial charge in [-0.25, -0.2) is 9.07 Å². The minimum absolute atomic E-state index is 0.223. The van der Waals surface area contributed by atoms with Crippen molar-refractivity contribution in [2.75, 3.05) is 5.32 Å². The highest BCUT2D eigenvalue weighted by Crippen LogP contribution is 2.27. The zero-order chi connectivity index (χ0) is 11.1. The van der Waals surface area contributed by atoms with Crippen LogP contribution in [0.1, 0.15) is 12.6 Å². The first-order valence-corrected chi connectivity index (χ1v) is 5.33. The van der Waals surface area contributed by atoms with Gasteiger partial charge in [-0.1, -0.05) is 0 Å². The fourth-order valence-electron chi connectivity index (χ4n) is 2.10. The highest BCUT2D eigenvalue weighted by Gasteiger charge is 2.22. The Morgan fingerprint density at radius 3 is 2.88 bits per heavy atom. The molecule has 1 aliphatic rings. The molecule has 2 heterocycles. The molecule has 0 aliphatic carbocycles. The number of benzene rings is 1. The third-order valence-corrected chi connectivity index (χ3v) is 2.84. The summed E-state index contributed by atoms with van der Waals surface area (Å²) < 4.78 is 14.7. The molecule has 3 nitrogen and oxygen atoms in total. The van der Waals surface area contributed by atoms with Gasteiger partial charge in [0, 0.05) is 12.5 Å². The molecule has 3 rings (SSSR count). The van der Waals surface area contributed by atoms with Crippen LogP contribution in [0.25, 0.3) is 5.69 Å². The van der Waals surface area contributed by atoms with Crippen molar-refractivity contribution in [2.45, 2.75) is 19.4 Å². The van der Waals surface area contributed by atoms with Crippen LogP contribution in [-0.2, 0) is 6.42 Å². The van der Waals surface area contributed by atoms with Crippen molar-refractivity contribution < 1.29 is 4.39 Å². The van der Waals surface area contributed by atoms with Gasteiger partial charge in [-0.05, 0) is 31.2 Å². The van der Waals surface area contributed by atoms with Gasteiger partial charge in [0.15, 0.2) is 0 Å². The van der Waals surface area contributed by atoms with Crippen LogP contribution in [0.3, 0.4) is 0 Å². The van der Waals surface area contributed by atoms with Gasteiger partial charge < -0.3 is 5.32 Å². The van der Waals surface area contributed by atoms with Crippen LogP contribution in [0.4, 0.5) is 10.1 Å². The summed E-state index contributed by atoms with van der Waals surface area (Å²) in [5.41, 5.74) is 3.15. The number of halogens is 1. The Morgan fingerprint density at radius 2 is 2.12 bits per heavy atom. The average molecular weight is 217 g/mol. The van der Waals surface area contributed by atoms with E-state index in [4.69, 9.17) is 0 Å². The van der Waals surface area contributed by atoms with Crippen molar-refractivity contribution in [3.8, 4) is 5.69 Å². The maximum atomic E-state index is 12.8.